The second-order valence-corrected chi connectivity index (χ2v) is 4.31. The summed E-state index contributed by atoms with van der Waals surface area (Å²) in [6.07, 6.45) is 4.71. The molecule has 0 atom stereocenters. The highest BCUT2D eigenvalue weighted by Crippen LogP contribution is 2.25. The third-order valence-corrected chi connectivity index (χ3v) is 2.75. The molecule has 0 aliphatic carbocycles. The lowest BCUT2D eigenvalue weighted by molar-refractivity contribution is 0.285. The fraction of sp³-hybridized carbons (Fsp3) is 0.600. The maximum Gasteiger partial charge on any atom is 0.161 e. The van der Waals surface area contributed by atoms with Crippen molar-refractivity contribution in [3.05, 3.63) is 24.3 Å². The van der Waals surface area contributed by atoms with Gasteiger partial charge in [0.15, 0.2) is 11.5 Å². The molecule has 0 unspecified atom stereocenters. The summed E-state index contributed by atoms with van der Waals surface area (Å²) in [5.41, 5.74) is 0. The lowest BCUT2D eigenvalue weighted by Crippen LogP contribution is -2.15. The van der Waals surface area contributed by atoms with E-state index in [0.717, 1.165) is 37.6 Å². The Hall–Kier alpha value is -1.22. The van der Waals surface area contributed by atoms with E-state index in [1.807, 2.05) is 24.3 Å². The average Bonchev–Trinajstić information content (AvgIpc) is 2.42. The highest BCUT2D eigenvalue weighted by molar-refractivity contribution is 5.39. The first kappa shape index (κ1) is 14.8. The van der Waals surface area contributed by atoms with Crippen molar-refractivity contribution in [2.24, 2.45) is 0 Å². The predicted molar refractivity (Wildman–Crippen MR) is 75.5 cm³/mol. The number of benzene rings is 1. The molecule has 0 spiro atoms. The van der Waals surface area contributed by atoms with Gasteiger partial charge in [-0.3, -0.25) is 0 Å². The van der Waals surface area contributed by atoms with Crippen LogP contribution in [-0.2, 0) is 0 Å². The topological polar surface area (TPSA) is 30.5 Å². The van der Waals surface area contributed by atoms with Crippen molar-refractivity contribution in [2.45, 2.75) is 32.6 Å². The zero-order valence-electron chi connectivity index (χ0n) is 11.6. The molecule has 0 aromatic heterocycles. The van der Waals surface area contributed by atoms with E-state index in [0.29, 0.717) is 0 Å². The van der Waals surface area contributed by atoms with Crippen LogP contribution in [-0.4, -0.2) is 26.8 Å². The van der Waals surface area contributed by atoms with Crippen LogP contribution in [0.15, 0.2) is 24.3 Å². The Morgan fingerprint density at radius 2 is 1.78 bits per heavy atom. The molecule has 1 N–H and O–H groups in total. The molecule has 0 radical (unpaired) electrons. The lowest BCUT2D eigenvalue weighted by Gasteiger charge is -2.10. The van der Waals surface area contributed by atoms with E-state index in [2.05, 4.69) is 12.2 Å². The van der Waals surface area contributed by atoms with Gasteiger partial charge in [-0.15, -0.1) is 0 Å². The van der Waals surface area contributed by atoms with E-state index in [9.17, 15) is 0 Å². The molecule has 1 aromatic carbocycles. The van der Waals surface area contributed by atoms with Crippen LogP contribution in [0.3, 0.4) is 0 Å². The van der Waals surface area contributed by atoms with Gasteiger partial charge in [-0.25, -0.2) is 0 Å². The van der Waals surface area contributed by atoms with Crippen LogP contribution in [0.25, 0.3) is 0 Å². The summed E-state index contributed by atoms with van der Waals surface area (Å²) in [6, 6.07) is 7.78. The minimum Gasteiger partial charge on any atom is -0.493 e. The molecule has 1 rings (SSSR count). The number of unbranched alkanes of at least 4 members (excludes halogenated alkanes) is 2. The zero-order valence-corrected chi connectivity index (χ0v) is 11.6. The molecule has 0 aliphatic heterocycles. The highest BCUT2D eigenvalue weighted by atomic mass is 16.5. The van der Waals surface area contributed by atoms with Gasteiger partial charge in [0.1, 0.15) is 0 Å². The van der Waals surface area contributed by atoms with Gasteiger partial charge in [0.2, 0.25) is 0 Å². The minimum atomic E-state index is 0.758. The summed E-state index contributed by atoms with van der Waals surface area (Å²) in [5.74, 6) is 1.64. The Balaban J connectivity index is 2.07. The van der Waals surface area contributed by atoms with Gasteiger partial charge in [-0.2, -0.15) is 0 Å². The normalized spacial score (nSPS) is 10.3. The molecule has 0 saturated heterocycles. The van der Waals surface area contributed by atoms with Crippen LogP contribution >= 0.6 is 0 Å². The molecular formula is C15H25NO2. The Kier molecular flexibility index (Phi) is 8.06. The number of hydrogen-bond acceptors (Lipinski definition) is 3. The minimum absolute atomic E-state index is 0.758. The summed E-state index contributed by atoms with van der Waals surface area (Å²) in [5, 5.41) is 3.40. The molecule has 1 aromatic rings. The van der Waals surface area contributed by atoms with Gasteiger partial charge < -0.3 is 14.8 Å². The molecule has 0 heterocycles. The van der Waals surface area contributed by atoms with Crippen LogP contribution in [0.5, 0.6) is 11.5 Å². The van der Waals surface area contributed by atoms with E-state index >= 15 is 0 Å². The predicted octanol–water partition coefficient (Wildman–Crippen LogP) is 3.24. The summed E-state index contributed by atoms with van der Waals surface area (Å²) in [4.78, 5) is 0. The standard InChI is InChI=1S/C15H25NO2/c1-3-11-16-12-7-4-8-13-18-15-10-6-5-9-14(15)17-2/h5-6,9-10,16H,3-4,7-8,11-13H2,1-2H3. The van der Waals surface area contributed by atoms with Gasteiger partial charge >= 0.3 is 0 Å². The summed E-state index contributed by atoms with van der Waals surface area (Å²) < 4.78 is 10.9. The molecule has 3 nitrogen and oxygen atoms in total. The van der Waals surface area contributed by atoms with Crippen molar-refractivity contribution in [1.29, 1.82) is 0 Å². The molecule has 102 valence electrons. The highest BCUT2D eigenvalue weighted by Gasteiger charge is 2.01. The van der Waals surface area contributed by atoms with Crippen LogP contribution in [0.2, 0.25) is 0 Å². The zero-order chi connectivity index (χ0) is 13.1. The average molecular weight is 251 g/mol. The smallest absolute Gasteiger partial charge is 0.161 e. The number of nitrogens with one attached hydrogen (secondary N) is 1. The molecule has 0 saturated carbocycles. The quantitative estimate of drug-likeness (QED) is 0.648. The molecule has 0 aliphatic rings. The van der Waals surface area contributed by atoms with Crippen molar-refractivity contribution in [3.63, 3.8) is 0 Å². The maximum absolute atomic E-state index is 5.71. The fourth-order valence-electron chi connectivity index (χ4n) is 1.75. The number of hydrogen-bond donors (Lipinski definition) is 1. The first-order valence-corrected chi connectivity index (χ1v) is 6.85. The third-order valence-electron chi connectivity index (χ3n) is 2.75. The van der Waals surface area contributed by atoms with Crippen molar-refractivity contribution < 1.29 is 9.47 Å². The molecule has 0 amide bonds. The fourth-order valence-corrected chi connectivity index (χ4v) is 1.75. The van der Waals surface area contributed by atoms with Gasteiger partial charge in [0.05, 0.1) is 13.7 Å². The van der Waals surface area contributed by atoms with E-state index < -0.39 is 0 Å². The SMILES string of the molecule is CCCNCCCCCOc1ccccc1OC. The Bertz CT molecular complexity index is 315. The van der Waals surface area contributed by atoms with Crippen molar-refractivity contribution in [1.82, 2.24) is 5.32 Å². The van der Waals surface area contributed by atoms with Gasteiger partial charge in [-0.1, -0.05) is 19.1 Å². The van der Waals surface area contributed by atoms with Gasteiger partial charge in [-0.05, 0) is 50.9 Å². The Morgan fingerprint density at radius 3 is 2.50 bits per heavy atom. The second-order valence-electron chi connectivity index (χ2n) is 4.31. The molecule has 18 heavy (non-hydrogen) atoms. The van der Waals surface area contributed by atoms with Crippen LogP contribution in [0.4, 0.5) is 0 Å². The lowest BCUT2D eigenvalue weighted by atomic mass is 10.2. The Labute approximate surface area is 110 Å². The van der Waals surface area contributed by atoms with Gasteiger partial charge in [0.25, 0.3) is 0 Å². The monoisotopic (exact) mass is 251 g/mol. The van der Waals surface area contributed by atoms with Gasteiger partial charge in [0, 0.05) is 0 Å². The molecular weight excluding hydrogens is 226 g/mol. The summed E-state index contributed by atoms with van der Waals surface area (Å²) >= 11 is 0. The summed E-state index contributed by atoms with van der Waals surface area (Å²) in [6.45, 7) is 5.18. The number of para-hydroxylation sites is 2. The number of methoxy groups -OCH3 is 1. The maximum atomic E-state index is 5.71. The first-order chi connectivity index (χ1) is 8.88. The molecule has 0 bridgehead atoms. The van der Waals surface area contributed by atoms with E-state index in [1.54, 1.807) is 7.11 Å². The molecule has 0 fully saturated rings. The largest absolute Gasteiger partial charge is 0.493 e. The summed E-state index contributed by atoms with van der Waals surface area (Å²) in [7, 11) is 1.67. The van der Waals surface area contributed by atoms with Crippen molar-refractivity contribution in [3.8, 4) is 11.5 Å². The van der Waals surface area contributed by atoms with Crippen molar-refractivity contribution >= 4 is 0 Å². The van der Waals surface area contributed by atoms with Crippen molar-refractivity contribution in [2.75, 3.05) is 26.8 Å². The van der Waals surface area contributed by atoms with E-state index in [4.69, 9.17) is 9.47 Å². The first-order valence-electron chi connectivity index (χ1n) is 6.85. The van der Waals surface area contributed by atoms with Crippen LogP contribution < -0.4 is 14.8 Å². The van der Waals surface area contributed by atoms with Crippen LogP contribution in [0.1, 0.15) is 32.6 Å². The van der Waals surface area contributed by atoms with E-state index in [-0.39, 0.29) is 0 Å². The number of ether oxygens (including phenoxy) is 2. The van der Waals surface area contributed by atoms with E-state index in [1.165, 1.54) is 19.3 Å². The number of rotatable bonds is 10. The Morgan fingerprint density at radius 1 is 1.00 bits per heavy atom. The molecule has 3 heteroatoms. The second kappa shape index (κ2) is 9.77. The third kappa shape index (κ3) is 5.92. The van der Waals surface area contributed by atoms with Crippen LogP contribution in [0, 0.1) is 0 Å².